The van der Waals surface area contributed by atoms with E-state index in [4.69, 9.17) is 0 Å². The summed E-state index contributed by atoms with van der Waals surface area (Å²) in [5.41, 5.74) is -0.366. The summed E-state index contributed by atoms with van der Waals surface area (Å²) in [6.07, 6.45) is 1.82. The van der Waals surface area contributed by atoms with Gasteiger partial charge in [0, 0.05) is 0 Å². The summed E-state index contributed by atoms with van der Waals surface area (Å²) in [6.45, 7) is 6.61. The van der Waals surface area contributed by atoms with E-state index in [9.17, 15) is 14.7 Å². The minimum absolute atomic E-state index is 0.104. The Morgan fingerprint density at radius 2 is 1.96 bits per heavy atom. The molecule has 2 aromatic rings. The number of nitrogens with zero attached hydrogens (tertiary/aromatic N) is 3. The Morgan fingerprint density at radius 1 is 1.35 bits per heavy atom. The predicted octanol–water partition coefficient (Wildman–Crippen LogP) is 1.69. The molecule has 0 bridgehead atoms. The van der Waals surface area contributed by atoms with Crippen LogP contribution in [0.1, 0.15) is 44.0 Å². The van der Waals surface area contributed by atoms with Gasteiger partial charge in [0.1, 0.15) is 0 Å². The number of nitrogens with one attached hydrogen (secondary N) is 1. The molecule has 0 radical (unpaired) electrons. The molecule has 3 rings (SSSR count). The molecular formula is C18H28N4O3Sn. The van der Waals surface area contributed by atoms with Gasteiger partial charge in [0.15, 0.2) is 0 Å². The van der Waals surface area contributed by atoms with Gasteiger partial charge < -0.3 is 0 Å². The Morgan fingerprint density at radius 3 is 2.46 bits per heavy atom. The van der Waals surface area contributed by atoms with Crippen LogP contribution in [-0.2, 0) is 6.54 Å². The Kier molecular flexibility index (Phi) is 4.65. The third-order valence-corrected chi connectivity index (χ3v) is 9.48. The molecule has 142 valence electrons. The van der Waals surface area contributed by atoms with Crippen molar-refractivity contribution in [1.29, 1.82) is 0 Å². The van der Waals surface area contributed by atoms with Gasteiger partial charge in [-0.05, 0) is 0 Å². The van der Waals surface area contributed by atoms with E-state index in [0.29, 0.717) is 12.2 Å². The van der Waals surface area contributed by atoms with Crippen LogP contribution in [0.5, 0.6) is 5.88 Å². The van der Waals surface area contributed by atoms with Crippen LogP contribution >= 0.6 is 0 Å². The van der Waals surface area contributed by atoms with Gasteiger partial charge in [0.05, 0.1) is 0 Å². The zero-order chi connectivity index (χ0) is 19.4. The van der Waals surface area contributed by atoms with E-state index in [-0.39, 0.29) is 22.9 Å². The first-order valence-corrected chi connectivity index (χ1v) is 19.0. The van der Waals surface area contributed by atoms with Crippen molar-refractivity contribution in [2.24, 2.45) is 5.41 Å². The quantitative estimate of drug-likeness (QED) is 0.671. The monoisotopic (exact) mass is 468 g/mol. The number of rotatable bonds is 4. The standard InChI is InChI=1S/C15H19N4O3.3CH3.Sn/c1-15(2,3)8-18-10-6-7-16-19(10)14(22)11(13(18)21)12(20)17-9-4-5-9;;;;/h6,9,21H,4-5,8H2,1-3H3,(H,17,20);3*1H3;. The zero-order valence-corrected chi connectivity index (χ0v) is 19.2. The van der Waals surface area contributed by atoms with Gasteiger partial charge in [-0.25, -0.2) is 0 Å². The van der Waals surface area contributed by atoms with Crippen molar-refractivity contribution in [2.45, 2.75) is 61.0 Å². The molecule has 0 unspecified atom stereocenters. The minimum atomic E-state index is -2.54. The second-order valence-corrected chi connectivity index (χ2v) is 23.8. The Hall–Kier alpha value is -1.51. The van der Waals surface area contributed by atoms with Gasteiger partial charge in [-0.3, -0.25) is 0 Å². The average molecular weight is 467 g/mol. The second kappa shape index (κ2) is 6.28. The molecule has 1 aliphatic rings. The van der Waals surface area contributed by atoms with Gasteiger partial charge in [-0.15, -0.1) is 0 Å². The zero-order valence-electron chi connectivity index (χ0n) is 16.4. The van der Waals surface area contributed by atoms with E-state index in [2.05, 4.69) is 25.2 Å². The van der Waals surface area contributed by atoms with Crippen LogP contribution in [0.15, 0.2) is 10.9 Å². The van der Waals surface area contributed by atoms with E-state index in [0.717, 1.165) is 16.6 Å². The number of amides is 1. The molecule has 2 aromatic heterocycles. The number of aromatic hydroxyl groups is 1. The number of fused-ring (bicyclic) bond motifs is 1. The summed E-state index contributed by atoms with van der Waals surface area (Å²) in [7, 11) is 0. The molecule has 0 aromatic carbocycles. The third-order valence-electron chi connectivity index (χ3n) is 4.39. The average Bonchev–Trinajstić information content (AvgIpc) is 3.15. The van der Waals surface area contributed by atoms with Crippen LogP contribution in [0.4, 0.5) is 0 Å². The second-order valence-electron chi connectivity index (χ2n) is 9.45. The van der Waals surface area contributed by atoms with Crippen LogP contribution in [0.3, 0.4) is 0 Å². The van der Waals surface area contributed by atoms with E-state index in [1.54, 1.807) is 4.57 Å². The van der Waals surface area contributed by atoms with Gasteiger partial charge in [-0.2, -0.15) is 0 Å². The number of carbonyl (C=O) groups excluding carboxylic acids is 1. The first-order chi connectivity index (χ1) is 11.9. The molecule has 7 nitrogen and oxygen atoms in total. The predicted molar refractivity (Wildman–Crippen MR) is 104 cm³/mol. The number of carbonyl (C=O) groups is 1. The van der Waals surface area contributed by atoms with Crippen molar-refractivity contribution in [1.82, 2.24) is 19.5 Å². The fourth-order valence-corrected chi connectivity index (χ4v) is 5.58. The van der Waals surface area contributed by atoms with Gasteiger partial charge >= 0.3 is 157 Å². The summed E-state index contributed by atoms with van der Waals surface area (Å²) in [6, 6.07) is 2.01. The molecule has 2 N–H and O–H groups in total. The van der Waals surface area contributed by atoms with Gasteiger partial charge in [0.2, 0.25) is 0 Å². The molecule has 26 heavy (non-hydrogen) atoms. The van der Waals surface area contributed by atoms with Crippen LogP contribution in [0, 0.1) is 5.41 Å². The van der Waals surface area contributed by atoms with Crippen molar-refractivity contribution >= 4 is 33.6 Å². The van der Waals surface area contributed by atoms with Gasteiger partial charge in [0.25, 0.3) is 0 Å². The number of aromatic nitrogens is 3. The van der Waals surface area contributed by atoms with E-state index in [1.165, 1.54) is 4.52 Å². The fourth-order valence-electron chi connectivity index (χ4n) is 2.84. The normalized spacial score (nSPS) is 15.5. The Labute approximate surface area is 157 Å². The molecule has 0 atom stereocenters. The fraction of sp³-hybridized carbons (Fsp3) is 0.611. The maximum absolute atomic E-state index is 12.9. The Bertz CT molecular complexity index is 927. The molecule has 8 heteroatoms. The third kappa shape index (κ3) is 3.77. The van der Waals surface area contributed by atoms with E-state index in [1.807, 2.05) is 26.8 Å². The van der Waals surface area contributed by atoms with Crippen molar-refractivity contribution in [3.05, 3.63) is 22.0 Å². The first-order valence-electron chi connectivity index (χ1n) is 9.05. The molecular weight excluding hydrogens is 439 g/mol. The molecule has 0 spiro atoms. The SMILES string of the molecule is CC(C)(C)Cn1c(O)c(C(=O)NC2CC2)c(=O)n2n[c]([Sn]([CH3])([CH3])[CH3])cc12. The number of hydrogen-bond donors (Lipinski definition) is 2. The molecule has 1 saturated carbocycles. The summed E-state index contributed by atoms with van der Waals surface area (Å²) >= 11 is -2.54. The maximum atomic E-state index is 12.9. The summed E-state index contributed by atoms with van der Waals surface area (Å²) in [5, 5.41) is 18.2. The molecule has 1 aliphatic carbocycles. The number of hydrogen-bond acceptors (Lipinski definition) is 4. The summed E-state index contributed by atoms with van der Waals surface area (Å²) in [5.74, 6) is -0.790. The van der Waals surface area contributed by atoms with Crippen LogP contribution < -0.4 is 14.6 Å². The van der Waals surface area contributed by atoms with E-state index < -0.39 is 29.8 Å². The molecule has 0 aliphatic heterocycles. The topological polar surface area (TPSA) is 88.6 Å². The van der Waals surface area contributed by atoms with Crippen LogP contribution in [-0.4, -0.2) is 49.6 Å². The molecule has 2 heterocycles. The molecule has 0 saturated heterocycles. The molecule has 1 amide bonds. The van der Waals surface area contributed by atoms with Crippen LogP contribution in [0.25, 0.3) is 5.65 Å². The van der Waals surface area contributed by atoms with Gasteiger partial charge in [-0.1, -0.05) is 0 Å². The van der Waals surface area contributed by atoms with Crippen molar-refractivity contribution < 1.29 is 9.90 Å². The van der Waals surface area contributed by atoms with Crippen molar-refractivity contribution in [2.75, 3.05) is 0 Å². The summed E-state index contributed by atoms with van der Waals surface area (Å²) in [4.78, 5) is 32.2. The Balaban J connectivity index is 2.27. The molecule has 1 fully saturated rings. The van der Waals surface area contributed by atoms with Crippen molar-refractivity contribution in [3.63, 3.8) is 0 Å². The first kappa shape index (κ1) is 19.3. The van der Waals surface area contributed by atoms with E-state index >= 15 is 0 Å². The van der Waals surface area contributed by atoms with Crippen LogP contribution in [0.2, 0.25) is 14.8 Å². The summed E-state index contributed by atoms with van der Waals surface area (Å²) < 4.78 is 3.89. The van der Waals surface area contributed by atoms with Crippen molar-refractivity contribution in [3.8, 4) is 5.88 Å².